The summed E-state index contributed by atoms with van der Waals surface area (Å²) in [5, 5.41) is 0. The molecule has 0 atom stereocenters. The Morgan fingerprint density at radius 3 is 1.33 bits per heavy atom. The fraction of sp³-hybridized carbons (Fsp3) is 0. The van der Waals surface area contributed by atoms with E-state index >= 15 is 0 Å². The molecule has 0 fully saturated rings. The van der Waals surface area contributed by atoms with Crippen LogP contribution in [0.25, 0.3) is 0 Å². The second-order valence-electron chi connectivity index (χ2n) is 0.469. The Bertz CT molecular complexity index is 17.5. The van der Waals surface area contributed by atoms with Crippen LogP contribution >= 0.6 is 0 Å². The molecular formula is Na2Se4. The number of hydrogen-bond acceptors (Lipinski definition) is 0. The average Bonchev–Trinajstić information content (AvgIpc) is 1.61. The molecule has 0 aliphatic heterocycles. The van der Waals surface area contributed by atoms with Gasteiger partial charge in [0.15, 0.2) is 0 Å². The normalized spacial score (nSPS) is 9.33. The average molecular weight is 362 g/mol. The standard InChI is InChI=1S/2Na.H2Se4/c;;1-3-4-2/h;;1-2H/q2*+1;/p-2. The van der Waals surface area contributed by atoms with Gasteiger partial charge in [-0.2, -0.15) is 0 Å². The van der Waals surface area contributed by atoms with Crippen LogP contribution in [0.2, 0.25) is 0 Å². The van der Waals surface area contributed by atoms with Crippen LogP contribution in [0.15, 0.2) is 0 Å². The van der Waals surface area contributed by atoms with Crippen molar-refractivity contribution in [1.29, 1.82) is 0 Å². The minimum absolute atomic E-state index is 1.19. The van der Waals surface area contributed by atoms with E-state index in [-0.39, 0.29) is 0 Å². The van der Waals surface area contributed by atoms with E-state index in [9.17, 15) is 0 Å². The van der Waals surface area contributed by atoms with Gasteiger partial charge in [-0.15, -0.1) is 0 Å². The summed E-state index contributed by atoms with van der Waals surface area (Å²) in [5.74, 6) is 0. The van der Waals surface area contributed by atoms with Crippen molar-refractivity contribution in [3.05, 3.63) is 0 Å². The SMILES string of the molecule is [Na][Se][Se][Se][Se][Na]. The van der Waals surface area contributed by atoms with E-state index < -0.39 is 0 Å². The first kappa shape index (κ1) is 10.1. The van der Waals surface area contributed by atoms with Crippen molar-refractivity contribution in [3.8, 4) is 0 Å². The second-order valence-corrected chi connectivity index (χ2v) is 46.1. The van der Waals surface area contributed by atoms with Gasteiger partial charge in [0.2, 0.25) is 0 Å². The summed E-state index contributed by atoms with van der Waals surface area (Å²) in [6.45, 7) is 0. The molecule has 0 saturated heterocycles. The van der Waals surface area contributed by atoms with Crippen molar-refractivity contribution in [3.63, 3.8) is 0 Å². The molecule has 0 bridgehead atoms. The topological polar surface area (TPSA) is 0 Å². The fourth-order valence-corrected chi connectivity index (χ4v) is 121. The van der Waals surface area contributed by atoms with Gasteiger partial charge in [0.25, 0.3) is 0 Å². The minimum atomic E-state index is 1.19. The molecule has 0 heterocycles. The Labute approximate surface area is 87.9 Å². The van der Waals surface area contributed by atoms with Crippen molar-refractivity contribution < 1.29 is 0 Å². The van der Waals surface area contributed by atoms with Crippen molar-refractivity contribution in [1.82, 2.24) is 0 Å². The van der Waals surface area contributed by atoms with E-state index in [1.54, 1.807) is 0 Å². The van der Waals surface area contributed by atoms with Gasteiger partial charge in [-0.05, 0) is 0 Å². The fourth-order valence-electron chi connectivity index (χ4n) is 0.0556. The van der Waals surface area contributed by atoms with Gasteiger partial charge in [-0.25, -0.2) is 0 Å². The van der Waals surface area contributed by atoms with Crippen LogP contribution in [0.1, 0.15) is 0 Å². The quantitative estimate of drug-likeness (QED) is 0.392. The molecule has 0 rings (SSSR count). The van der Waals surface area contributed by atoms with Crippen LogP contribution in [0.5, 0.6) is 0 Å². The summed E-state index contributed by atoms with van der Waals surface area (Å²) >= 11 is 5.50. The van der Waals surface area contributed by atoms with Crippen LogP contribution in [-0.2, 0) is 0 Å². The van der Waals surface area contributed by atoms with E-state index in [4.69, 9.17) is 0 Å². The molecule has 0 nitrogen and oxygen atoms in total. The van der Waals surface area contributed by atoms with Gasteiger partial charge in [0.1, 0.15) is 0 Å². The van der Waals surface area contributed by atoms with Crippen molar-refractivity contribution in [2.75, 3.05) is 0 Å². The molecule has 26 valence electrons. The maximum absolute atomic E-state index is 1.53. The zero-order chi connectivity index (χ0) is 4.83. The molecule has 0 saturated carbocycles. The van der Waals surface area contributed by atoms with Gasteiger partial charge in [-0.3, -0.25) is 0 Å². The monoisotopic (exact) mass is 366 g/mol. The molecule has 0 aromatic heterocycles. The van der Waals surface area contributed by atoms with Crippen LogP contribution < -0.4 is 0 Å². The first-order valence-electron chi connectivity index (χ1n) is 1.32. The van der Waals surface area contributed by atoms with Gasteiger partial charge >= 0.3 is 90.7 Å². The molecule has 0 aromatic carbocycles. The molecule has 0 unspecified atom stereocenters. The summed E-state index contributed by atoms with van der Waals surface area (Å²) in [5.41, 5.74) is 0. The second kappa shape index (κ2) is 9.08. The summed E-state index contributed by atoms with van der Waals surface area (Å²) in [6, 6.07) is 0. The molecule has 0 aliphatic carbocycles. The van der Waals surface area contributed by atoms with Crippen molar-refractivity contribution in [2.24, 2.45) is 0 Å². The Kier molecular flexibility index (Phi) is 15.2. The van der Waals surface area contributed by atoms with Crippen LogP contribution in [0.4, 0.5) is 0 Å². The van der Waals surface area contributed by atoms with E-state index in [1.165, 1.54) is 90.7 Å². The first-order chi connectivity index (χ1) is 2.91. The third-order valence-corrected chi connectivity index (χ3v) is 77.5. The summed E-state index contributed by atoms with van der Waals surface area (Å²) in [7, 11) is 2.39. The van der Waals surface area contributed by atoms with Crippen LogP contribution in [-0.4, -0.2) is 90.7 Å². The van der Waals surface area contributed by atoms with Crippen LogP contribution in [0.3, 0.4) is 0 Å². The summed E-state index contributed by atoms with van der Waals surface area (Å²) in [4.78, 5) is 0. The Morgan fingerprint density at radius 2 is 1.17 bits per heavy atom. The molecule has 6 heteroatoms. The van der Waals surface area contributed by atoms with Crippen molar-refractivity contribution in [2.45, 2.75) is 0 Å². The van der Waals surface area contributed by atoms with E-state index in [1.807, 2.05) is 0 Å². The molecule has 0 N–H and O–H groups in total. The zero-order valence-electron chi connectivity index (χ0n) is 3.63. The Morgan fingerprint density at radius 1 is 0.833 bits per heavy atom. The third kappa shape index (κ3) is 8.08. The zero-order valence-corrected chi connectivity index (χ0v) is 14.5. The van der Waals surface area contributed by atoms with E-state index in [2.05, 4.69) is 0 Å². The number of rotatable bonds is 3. The molecule has 0 aromatic rings. The van der Waals surface area contributed by atoms with Gasteiger partial charge in [-0.1, -0.05) is 0 Å². The summed E-state index contributed by atoms with van der Waals surface area (Å²) < 4.78 is 0. The van der Waals surface area contributed by atoms with E-state index in [0.717, 1.165) is 0 Å². The van der Waals surface area contributed by atoms with Gasteiger partial charge in [0.05, 0.1) is 0 Å². The predicted molar refractivity (Wildman–Crippen MR) is 34.5 cm³/mol. The van der Waals surface area contributed by atoms with Crippen molar-refractivity contribution >= 4 is 90.7 Å². The van der Waals surface area contributed by atoms with E-state index in [0.29, 0.717) is 0 Å². The molecule has 0 radical (unpaired) electrons. The van der Waals surface area contributed by atoms with Gasteiger partial charge in [0, 0.05) is 0 Å². The molecule has 0 spiro atoms. The Hall–Kier alpha value is 4.08. The predicted octanol–water partition coefficient (Wildman–Crippen LogP) is -2.28. The Balaban J connectivity index is 2.34. The molecule has 6 heavy (non-hydrogen) atoms. The maximum atomic E-state index is 1.53. The summed E-state index contributed by atoms with van der Waals surface area (Å²) in [6.07, 6.45) is 0. The number of hydrogen-bond donors (Lipinski definition) is 0. The molecule has 0 aliphatic rings. The third-order valence-electron chi connectivity index (χ3n) is 0.164. The van der Waals surface area contributed by atoms with Crippen LogP contribution in [0, 0.1) is 0 Å². The molecule has 0 amide bonds. The first-order valence-corrected chi connectivity index (χ1v) is 26.2. The van der Waals surface area contributed by atoms with Gasteiger partial charge < -0.3 is 0 Å². The molecular weight excluding hydrogens is 362 g/mol.